The molecule has 0 saturated heterocycles. The standard InChI is InChI=1S/C20H19N5/c1-24-11-9-23-20(24)18(15-5-6-15)25-12-10-22-19(25)16-7-4-14-3-2-8-21-17(14)13-16/h2-4,7-13,15,18H,5-6H2,1H3. The van der Waals surface area contributed by atoms with Gasteiger partial charge in [0, 0.05) is 49.0 Å². The quantitative estimate of drug-likeness (QED) is 0.572. The molecular formula is C20H19N5. The summed E-state index contributed by atoms with van der Waals surface area (Å²) >= 11 is 0. The maximum absolute atomic E-state index is 4.66. The summed E-state index contributed by atoms with van der Waals surface area (Å²) < 4.78 is 4.40. The van der Waals surface area contributed by atoms with Crippen LogP contribution in [0.1, 0.15) is 24.7 Å². The molecule has 5 nitrogen and oxygen atoms in total. The number of rotatable bonds is 4. The molecule has 0 amide bonds. The van der Waals surface area contributed by atoms with E-state index in [0.717, 1.165) is 28.1 Å². The summed E-state index contributed by atoms with van der Waals surface area (Å²) in [5.74, 6) is 2.71. The van der Waals surface area contributed by atoms with Crippen LogP contribution in [0.25, 0.3) is 22.3 Å². The predicted molar refractivity (Wildman–Crippen MR) is 97.0 cm³/mol. The zero-order chi connectivity index (χ0) is 16.8. The van der Waals surface area contributed by atoms with Gasteiger partial charge in [0.15, 0.2) is 0 Å². The lowest BCUT2D eigenvalue weighted by molar-refractivity contribution is 0.482. The Hall–Kier alpha value is -2.95. The summed E-state index contributed by atoms with van der Waals surface area (Å²) in [6.07, 6.45) is 12.2. The molecule has 5 heteroatoms. The first-order chi connectivity index (χ1) is 12.3. The van der Waals surface area contributed by atoms with Crippen molar-refractivity contribution >= 4 is 10.9 Å². The second-order valence-corrected chi connectivity index (χ2v) is 6.75. The van der Waals surface area contributed by atoms with Crippen molar-refractivity contribution in [3.05, 3.63) is 67.1 Å². The number of fused-ring (bicyclic) bond motifs is 1. The number of aryl methyl sites for hydroxylation is 1. The lowest BCUT2D eigenvalue weighted by atomic mass is 10.1. The Kier molecular flexibility index (Phi) is 3.20. The number of hydrogen-bond acceptors (Lipinski definition) is 3. The van der Waals surface area contributed by atoms with E-state index in [2.05, 4.69) is 61.6 Å². The Morgan fingerprint density at radius 3 is 2.68 bits per heavy atom. The number of imidazole rings is 2. The van der Waals surface area contributed by atoms with Gasteiger partial charge in [-0.1, -0.05) is 18.2 Å². The molecule has 5 rings (SSSR count). The zero-order valence-corrected chi connectivity index (χ0v) is 14.1. The Balaban J connectivity index is 1.64. The minimum atomic E-state index is 0.233. The van der Waals surface area contributed by atoms with E-state index in [1.54, 1.807) is 0 Å². The molecule has 4 aromatic rings. The molecular weight excluding hydrogens is 310 g/mol. The van der Waals surface area contributed by atoms with Gasteiger partial charge in [-0.2, -0.15) is 0 Å². The van der Waals surface area contributed by atoms with E-state index < -0.39 is 0 Å². The largest absolute Gasteiger partial charge is 0.336 e. The molecule has 0 N–H and O–H groups in total. The van der Waals surface area contributed by atoms with E-state index in [9.17, 15) is 0 Å². The minimum absolute atomic E-state index is 0.233. The maximum Gasteiger partial charge on any atom is 0.140 e. The van der Waals surface area contributed by atoms with Crippen molar-refractivity contribution in [1.29, 1.82) is 0 Å². The molecule has 1 unspecified atom stereocenters. The smallest absolute Gasteiger partial charge is 0.140 e. The third-order valence-corrected chi connectivity index (χ3v) is 5.02. The summed E-state index contributed by atoms with van der Waals surface area (Å²) in [7, 11) is 2.06. The average molecular weight is 329 g/mol. The molecule has 1 fully saturated rings. The van der Waals surface area contributed by atoms with E-state index in [-0.39, 0.29) is 6.04 Å². The van der Waals surface area contributed by atoms with Crippen LogP contribution < -0.4 is 0 Å². The highest BCUT2D eigenvalue weighted by atomic mass is 15.2. The van der Waals surface area contributed by atoms with Gasteiger partial charge in [-0.05, 0) is 30.9 Å². The van der Waals surface area contributed by atoms with Crippen LogP contribution in [-0.2, 0) is 7.05 Å². The fourth-order valence-corrected chi connectivity index (χ4v) is 3.60. The molecule has 1 aromatic carbocycles. The van der Waals surface area contributed by atoms with Crippen molar-refractivity contribution in [2.75, 3.05) is 0 Å². The second kappa shape index (κ2) is 5.55. The van der Waals surface area contributed by atoms with Crippen molar-refractivity contribution in [2.24, 2.45) is 13.0 Å². The highest BCUT2D eigenvalue weighted by Crippen LogP contribution is 2.44. The third-order valence-electron chi connectivity index (χ3n) is 5.02. The molecule has 25 heavy (non-hydrogen) atoms. The second-order valence-electron chi connectivity index (χ2n) is 6.75. The summed E-state index contributed by atoms with van der Waals surface area (Å²) in [4.78, 5) is 13.8. The van der Waals surface area contributed by atoms with Gasteiger partial charge in [0.25, 0.3) is 0 Å². The first-order valence-corrected chi connectivity index (χ1v) is 8.66. The molecule has 0 aliphatic heterocycles. The molecule has 0 radical (unpaired) electrons. The first kappa shape index (κ1) is 14.4. The van der Waals surface area contributed by atoms with Gasteiger partial charge >= 0.3 is 0 Å². The average Bonchev–Trinajstić information content (AvgIpc) is 3.20. The monoisotopic (exact) mass is 329 g/mol. The Bertz CT molecular complexity index is 1040. The molecule has 1 aliphatic carbocycles. The van der Waals surface area contributed by atoms with Crippen molar-refractivity contribution < 1.29 is 0 Å². The molecule has 1 saturated carbocycles. The first-order valence-electron chi connectivity index (χ1n) is 8.66. The maximum atomic E-state index is 4.66. The van der Waals surface area contributed by atoms with Crippen molar-refractivity contribution in [2.45, 2.75) is 18.9 Å². The van der Waals surface area contributed by atoms with E-state index in [4.69, 9.17) is 0 Å². The van der Waals surface area contributed by atoms with Crippen LogP contribution in [0.2, 0.25) is 0 Å². The fraction of sp³-hybridized carbons (Fsp3) is 0.250. The van der Waals surface area contributed by atoms with E-state index in [0.29, 0.717) is 5.92 Å². The minimum Gasteiger partial charge on any atom is -0.336 e. The Labute approximate surface area is 146 Å². The summed E-state index contributed by atoms with van der Waals surface area (Å²) in [5.41, 5.74) is 2.09. The lowest BCUT2D eigenvalue weighted by Crippen LogP contribution is -2.17. The van der Waals surface area contributed by atoms with Crippen LogP contribution in [0.15, 0.2) is 61.3 Å². The predicted octanol–water partition coefficient (Wildman–Crippen LogP) is 3.83. The van der Waals surface area contributed by atoms with Crippen LogP contribution >= 0.6 is 0 Å². The summed E-state index contributed by atoms with van der Waals surface area (Å²) in [5, 5.41) is 1.15. The van der Waals surface area contributed by atoms with Crippen LogP contribution in [0.3, 0.4) is 0 Å². The molecule has 0 bridgehead atoms. The summed E-state index contributed by atoms with van der Waals surface area (Å²) in [6.45, 7) is 0. The van der Waals surface area contributed by atoms with Crippen LogP contribution in [0.5, 0.6) is 0 Å². The highest BCUT2D eigenvalue weighted by Gasteiger charge is 2.37. The Morgan fingerprint density at radius 1 is 1.00 bits per heavy atom. The number of hydrogen-bond donors (Lipinski definition) is 0. The number of aromatic nitrogens is 5. The SMILES string of the molecule is Cn1ccnc1C(C1CC1)n1ccnc1-c1ccc2cccnc2c1. The number of pyridine rings is 1. The van der Waals surface area contributed by atoms with Crippen molar-refractivity contribution in [3.63, 3.8) is 0 Å². The van der Waals surface area contributed by atoms with Gasteiger partial charge in [-0.25, -0.2) is 9.97 Å². The molecule has 1 atom stereocenters. The van der Waals surface area contributed by atoms with Gasteiger partial charge in [0.1, 0.15) is 11.6 Å². The van der Waals surface area contributed by atoms with Gasteiger partial charge in [0.05, 0.1) is 11.6 Å². The number of nitrogens with zero attached hydrogens (tertiary/aromatic N) is 5. The zero-order valence-electron chi connectivity index (χ0n) is 14.1. The van der Waals surface area contributed by atoms with Gasteiger partial charge < -0.3 is 9.13 Å². The van der Waals surface area contributed by atoms with E-state index >= 15 is 0 Å². The van der Waals surface area contributed by atoms with Crippen LogP contribution in [-0.4, -0.2) is 24.1 Å². The summed E-state index contributed by atoms with van der Waals surface area (Å²) in [6, 6.07) is 10.6. The lowest BCUT2D eigenvalue weighted by Gasteiger charge is -2.20. The topological polar surface area (TPSA) is 48.5 Å². The normalized spacial score (nSPS) is 15.6. The van der Waals surface area contributed by atoms with E-state index in [1.807, 2.05) is 30.9 Å². The molecule has 1 aliphatic rings. The van der Waals surface area contributed by atoms with Crippen molar-refractivity contribution in [1.82, 2.24) is 24.1 Å². The van der Waals surface area contributed by atoms with Crippen LogP contribution in [0.4, 0.5) is 0 Å². The molecule has 124 valence electrons. The van der Waals surface area contributed by atoms with Gasteiger partial charge in [-0.3, -0.25) is 4.98 Å². The number of benzene rings is 1. The molecule has 3 aromatic heterocycles. The van der Waals surface area contributed by atoms with E-state index in [1.165, 1.54) is 12.8 Å². The van der Waals surface area contributed by atoms with Gasteiger partial charge in [-0.15, -0.1) is 0 Å². The third kappa shape index (κ3) is 2.43. The molecule has 3 heterocycles. The van der Waals surface area contributed by atoms with Crippen LogP contribution in [0, 0.1) is 5.92 Å². The fourth-order valence-electron chi connectivity index (χ4n) is 3.60. The Morgan fingerprint density at radius 2 is 1.88 bits per heavy atom. The van der Waals surface area contributed by atoms with Gasteiger partial charge in [0.2, 0.25) is 0 Å². The van der Waals surface area contributed by atoms with Crippen molar-refractivity contribution in [3.8, 4) is 11.4 Å². The highest BCUT2D eigenvalue weighted by molar-refractivity contribution is 5.82. The molecule has 0 spiro atoms.